The molecule has 1 aromatic rings. The van der Waals surface area contributed by atoms with Gasteiger partial charge in [0, 0.05) is 18.0 Å². The van der Waals surface area contributed by atoms with Gasteiger partial charge in [0.25, 0.3) is 0 Å². The molecule has 0 spiro atoms. The van der Waals surface area contributed by atoms with E-state index in [2.05, 4.69) is 5.32 Å². The molecule has 4 heteroatoms. The second-order valence-electron chi connectivity index (χ2n) is 2.90. The highest BCUT2D eigenvalue weighted by Gasteiger charge is 2.19. The second-order valence-corrected chi connectivity index (χ2v) is 3.81. The van der Waals surface area contributed by atoms with E-state index in [1.165, 1.54) is 11.3 Å². The molecule has 0 aromatic carbocycles. The van der Waals surface area contributed by atoms with Crippen molar-refractivity contribution in [2.24, 2.45) is 5.73 Å². The highest BCUT2D eigenvalue weighted by Crippen LogP contribution is 2.32. The van der Waals surface area contributed by atoms with E-state index in [4.69, 9.17) is 5.73 Å². The van der Waals surface area contributed by atoms with Crippen LogP contribution >= 0.6 is 11.3 Å². The van der Waals surface area contributed by atoms with Gasteiger partial charge in [-0.25, -0.2) is 0 Å². The van der Waals surface area contributed by atoms with Crippen molar-refractivity contribution >= 4 is 22.2 Å². The molecule has 2 heterocycles. The summed E-state index contributed by atoms with van der Waals surface area (Å²) in [5.74, 6) is 0.0756. The molecule has 1 aromatic heterocycles. The number of carbonyl (C=O) groups excluding carboxylic acids is 1. The lowest BCUT2D eigenvalue weighted by Crippen LogP contribution is -2.09. The SMILES string of the molecule is NC1CCC(=O)Nc2sccc21. The first-order chi connectivity index (χ1) is 5.77. The van der Waals surface area contributed by atoms with Gasteiger partial charge in [0.1, 0.15) is 0 Å². The third-order valence-corrected chi connectivity index (χ3v) is 2.88. The van der Waals surface area contributed by atoms with Crippen LogP contribution in [0.2, 0.25) is 0 Å². The van der Waals surface area contributed by atoms with Crippen LogP contribution in [-0.2, 0) is 4.79 Å². The Bertz CT molecular complexity index is 308. The topological polar surface area (TPSA) is 55.1 Å². The van der Waals surface area contributed by atoms with Gasteiger partial charge in [-0.15, -0.1) is 11.3 Å². The van der Waals surface area contributed by atoms with Crippen molar-refractivity contribution in [3.8, 4) is 0 Å². The molecule has 0 saturated carbocycles. The number of thiophene rings is 1. The number of carbonyl (C=O) groups is 1. The third-order valence-electron chi connectivity index (χ3n) is 2.03. The predicted molar refractivity (Wildman–Crippen MR) is 49.1 cm³/mol. The Kier molecular flexibility index (Phi) is 1.86. The molecule has 12 heavy (non-hydrogen) atoms. The van der Waals surface area contributed by atoms with Gasteiger partial charge in [-0.05, 0) is 17.9 Å². The summed E-state index contributed by atoms with van der Waals surface area (Å²) in [6, 6.07) is 2.00. The number of anilines is 1. The van der Waals surface area contributed by atoms with Crippen LogP contribution < -0.4 is 11.1 Å². The molecule has 3 nitrogen and oxygen atoms in total. The first-order valence-corrected chi connectivity index (χ1v) is 4.78. The van der Waals surface area contributed by atoms with Crippen LogP contribution in [0.4, 0.5) is 5.00 Å². The fourth-order valence-electron chi connectivity index (χ4n) is 1.34. The summed E-state index contributed by atoms with van der Waals surface area (Å²) in [5.41, 5.74) is 6.94. The van der Waals surface area contributed by atoms with E-state index in [0.29, 0.717) is 6.42 Å². The molecule has 0 saturated heterocycles. The molecule has 2 rings (SSSR count). The van der Waals surface area contributed by atoms with Crippen LogP contribution in [0.5, 0.6) is 0 Å². The van der Waals surface area contributed by atoms with Crippen LogP contribution in [0.3, 0.4) is 0 Å². The summed E-state index contributed by atoms with van der Waals surface area (Å²) >= 11 is 1.53. The summed E-state index contributed by atoms with van der Waals surface area (Å²) < 4.78 is 0. The average Bonchev–Trinajstić information content (AvgIpc) is 2.44. The van der Waals surface area contributed by atoms with Crippen molar-refractivity contribution in [3.63, 3.8) is 0 Å². The zero-order valence-electron chi connectivity index (χ0n) is 6.54. The first-order valence-electron chi connectivity index (χ1n) is 3.90. The van der Waals surface area contributed by atoms with Crippen LogP contribution in [0.15, 0.2) is 11.4 Å². The van der Waals surface area contributed by atoms with Crippen LogP contribution in [0.1, 0.15) is 24.4 Å². The monoisotopic (exact) mass is 182 g/mol. The van der Waals surface area contributed by atoms with Crippen molar-refractivity contribution in [2.75, 3.05) is 5.32 Å². The van der Waals surface area contributed by atoms with E-state index >= 15 is 0 Å². The number of nitrogens with two attached hydrogens (primary N) is 1. The number of hydrogen-bond donors (Lipinski definition) is 2. The van der Waals surface area contributed by atoms with Crippen LogP contribution in [0.25, 0.3) is 0 Å². The van der Waals surface area contributed by atoms with Gasteiger partial charge in [0.05, 0.1) is 5.00 Å². The van der Waals surface area contributed by atoms with Crippen LogP contribution in [-0.4, -0.2) is 5.91 Å². The fourth-order valence-corrected chi connectivity index (χ4v) is 2.22. The summed E-state index contributed by atoms with van der Waals surface area (Å²) in [4.78, 5) is 11.1. The molecule has 1 unspecified atom stereocenters. The molecule has 0 fully saturated rings. The van der Waals surface area contributed by atoms with E-state index in [9.17, 15) is 4.79 Å². The second kappa shape index (κ2) is 2.88. The molecule has 3 N–H and O–H groups in total. The highest BCUT2D eigenvalue weighted by molar-refractivity contribution is 7.14. The lowest BCUT2D eigenvalue weighted by atomic mass is 10.1. The minimum absolute atomic E-state index is 0.0187. The summed E-state index contributed by atoms with van der Waals surface area (Å²) in [6.45, 7) is 0. The standard InChI is InChI=1S/C8H10N2OS/c9-6-1-2-7(11)10-8-5(6)3-4-12-8/h3-4,6H,1-2,9H2,(H,10,11). The Morgan fingerprint density at radius 1 is 1.67 bits per heavy atom. The van der Waals surface area contributed by atoms with Gasteiger partial charge in [-0.3, -0.25) is 4.79 Å². The zero-order chi connectivity index (χ0) is 8.55. The summed E-state index contributed by atoms with van der Waals surface area (Å²) in [5, 5.41) is 5.71. The van der Waals surface area contributed by atoms with Gasteiger partial charge in [-0.1, -0.05) is 0 Å². The summed E-state index contributed by atoms with van der Waals surface area (Å²) in [7, 11) is 0. The first kappa shape index (κ1) is 7.76. The van der Waals surface area contributed by atoms with E-state index in [0.717, 1.165) is 17.0 Å². The molecule has 1 aliphatic heterocycles. The van der Waals surface area contributed by atoms with Gasteiger partial charge < -0.3 is 11.1 Å². The fraction of sp³-hybridized carbons (Fsp3) is 0.375. The van der Waals surface area contributed by atoms with E-state index in [1.54, 1.807) is 0 Å². The molecule has 1 amide bonds. The van der Waals surface area contributed by atoms with Crippen LogP contribution in [0, 0.1) is 0 Å². The molecule has 64 valence electrons. The predicted octanol–water partition coefficient (Wildman–Crippen LogP) is 1.48. The van der Waals surface area contributed by atoms with Crippen molar-refractivity contribution < 1.29 is 4.79 Å². The minimum Gasteiger partial charge on any atom is -0.324 e. The maximum Gasteiger partial charge on any atom is 0.225 e. The maximum absolute atomic E-state index is 11.1. The van der Waals surface area contributed by atoms with Crippen molar-refractivity contribution in [1.29, 1.82) is 0 Å². The van der Waals surface area contributed by atoms with Gasteiger partial charge in [0.15, 0.2) is 0 Å². The molecule has 1 atom stereocenters. The third kappa shape index (κ3) is 1.23. The smallest absolute Gasteiger partial charge is 0.225 e. The number of hydrogen-bond acceptors (Lipinski definition) is 3. The Morgan fingerprint density at radius 2 is 2.50 bits per heavy atom. The van der Waals surface area contributed by atoms with Gasteiger partial charge in [-0.2, -0.15) is 0 Å². The van der Waals surface area contributed by atoms with E-state index < -0.39 is 0 Å². The lowest BCUT2D eigenvalue weighted by molar-refractivity contribution is -0.116. The Balaban J connectivity index is 2.38. The van der Waals surface area contributed by atoms with Crippen molar-refractivity contribution in [3.05, 3.63) is 17.0 Å². The van der Waals surface area contributed by atoms with Gasteiger partial charge in [0.2, 0.25) is 5.91 Å². The Labute approximate surface area is 74.6 Å². The molecular formula is C8H10N2OS. The average molecular weight is 182 g/mol. The van der Waals surface area contributed by atoms with E-state index in [1.807, 2.05) is 11.4 Å². The Hall–Kier alpha value is -0.870. The van der Waals surface area contributed by atoms with Gasteiger partial charge >= 0.3 is 0 Å². The highest BCUT2D eigenvalue weighted by atomic mass is 32.1. The Morgan fingerprint density at radius 3 is 3.33 bits per heavy atom. The van der Waals surface area contributed by atoms with Crippen molar-refractivity contribution in [1.82, 2.24) is 0 Å². The number of nitrogens with one attached hydrogen (secondary N) is 1. The summed E-state index contributed by atoms with van der Waals surface area (Å²) in [6.07, 6.45) is 1.28. The lowest BCUT2D eigenvalue weighted by Gasteiger charge is -2.05. The normalized spacial score (nSPS) is 22.8. The maximum atomic E-state index is 11.1. The minimum atomic E-state index is 0.0187. The zero-order valence-corrected chi connectivity index (χ0v) is 7.36. The number of fused-ring (bicyclic) bond motifs is 1. The number of rotatable bonds is 0. The molecule has 1 aliphatic rings. The van der Waals surface area contributed by atoms with E-state index in [-0.39, 0.29) is 11.9 Å². The molecular weight excluding hydrogens is 172 g/mol. The quantitative estimate of drug-likeness (QED) is 0.638. The largest absolute Gasteiger partial charge is 0.324 e. The molecule has 0 bridgehead atoms. The van der Waals surface area contributed by atoms with Crippen molar-refractivity contribution in [2.45, 2.75) is 18.9 Å². The number of amides is 1. The molecule has 0 aliphatic carbocycles. The molecule has 0 radical (unpaired) electrons.